The molecule has 0 saturated heterocycles. The van der Waals surface area contributed by atoms with Gasteiger partial charge in [0.15, 0.2) is 0 Å². The number of pyridine rings is 1. The summed E-state index contributed by atoms with van der Waals surface area (Å²) in [5.74, 6) is -0.119. The molecule has 3 aromatic rings. The van der Waals surface area contributed by atoms with E-state index in [1.807, 2.05) is 24.4 Å². The summed E-state index contributed by atoms with van der Waals surface area (Å²) in [7, 11) is 0. The van der Waals surface area contributed by atoms with E-state index in [2.05, 4.69) is 16.4 Å². The van der Waals surface area contributed by atoms with Gasteiger partial charge < -0.3 is 11.1 Å². The van der Waals surface area contributed by atoms with Crippen LogP contribution < -0.4 is 11.1 Å². The van der Waals surface area contributed by atoms with Crippen LogP contribution in [0.2, 0.25) is 0 Å². The summed E-state index contributed by atoms with van der Waals surface area (Å²) >= 11 is 3.04. The summed E-state index contributed by atoms with van der Waals surface area (Å²) < 4.78 is 0. The summed E-state index contributed by atoms with van der Waals surface area (Å²) in [6, 6.07) is 5.99. The molecule has 0 atom stereocenters. The van der Waals surface area contributed by atoms with Gasteiger partial charge in [0.2, 0.25) is 0 Å². The number of carbonyl (C=O) groups excluding carboxylic acids is 1. The van der Waals surface area contributed by atoms with E-state index in [-0.39, 0.29) is 5.91 Å². The van der Waals surface area contributed by atoms with Gasteiger partial charge in [-0.15, -0.1) is 22.7 Å². The highest BCUT2D eigenvalue weighted by atomic mass is 32.1. The van der Waals surface area contributed by atoms with Crippen molar-refractivity contribution in [3.8, 4) is 0 Å². The lowest BCUT2D eigenvalue weighted by Gasteiger charge is -2.03. The molecule has 0 spiro atoms. The van der Waals surface area contributed by atoms with Crippen LogP contribution in [0, 0.1) is 6.92 Å². The van der Waals surface area contributed by atoms with Crippen LogP contribution in [0.3, 0.4) is 0 Å². The van der Waals surface area contributed by atoms with E-state index >= 15 is 0 Å². The Bertz CT molecular complexity index is 778. The summed E-state index contributed by atoms with van der Waals surface area (Å²) in [5, 5.41) is 5.86. The molecular weight excluding hydrogens is 302 g/mol. The number of anilines is 1. The van der Waals surface area contributed by atoms with Crippen molar-refractivity contribution < 1.29 is 4.79 Å². The number of aromatic nitrogens is 1. The SMILES string of the molecule is Cc1ccnc2sc(C(=O)NCCc3cccs3)c(N)c12. The van der Waals surface area contributed by atoms with Crippen LogP contribution in [0.5, 0.6) is 0 Å². The van der Waals surface area contributed by atoms with Crippen molar-refractivity contribution in [2.75, 3.05) is 12.3 Å². The van der Waals surface area contributed by atoms with E-state index in [0.717, 1.165) is 22.2 Å². The smallest absolute Gasteiger partial charge is 0.263 e. The molecule has 1 amide bonds. The molecule has 3 aromatic heterocycles. The van der Waals surface area contributed by atoms with E-state index in [9.17, 15) is 4.79 Å². The molecule has 0 fully saturated rings. The molecule has 0 bridgehead atoms. The average molecular weight is 317 g/mol. The maximum atomic E-state index is 12.3. The summed E-state index contributed by atoms with van der Waals surface area (Å²) in [5.41, 5.74) is 7.70. The van der Waals surface area contributed by atoms with Gasteiger partial charge >= 0.3 is 0 Å². The number of hydrogen-bond acceptors (Lipinski definition) is 5. The van der Waals surface area contributed by atoms with Crippen LogP contribution in [0.1, 0.15) is 20.1 Å². The zero-order valence-electron chi connectivity index (χ0n) is 11.6. The number of rotatable bonds is 4. The minimum Gasteiger partial charge on any atom is -0.397 e. The Labute approximate surface area is 130 Å². The predicted octanol–water partition coefficient (Wildman–Crippen LogP) is 3.22. The number of nitrogen functional groups attached to an aromatic ring is 1. The number of nitrogens with two attached hydrogens (primary N) is 1. The predicted molar refractivity (Wildman–Crippen MR) is 89.1 cm³/mol. The lowest BCUT2D eigenvalue weighted by atomic mass is 10.2. The summed E-state index contributed by atoms with van der Waals surface area (Å²) in [6.07, 6.45) is 2.58. The van der Waals surface area contributed by atoms with E-state index in [0.29, 0.717) is 17.1 Å². The Balaban J connectivity index is 1.75. The normalized spacial score (nSPS) is 10.9. The van der Waals surface area contributed by atoms with Crippen LogP contribution in [0.15, 0.2) is 29.8 Å². The minimum absolute atomic E-state index is 0.119. The third-order valence-electron chi connectivity index (χ3n) is 3.28. The standard InChI is InChI=1S/C15H15N3OS2/c1-9-4-6-18-15-11(9)12(16)13(21-15)14(19)17-7-5-10-3-2-8-20-10/h2-4,6,8H,5,7,16H2,1H3,(H,17,19). The Morgan fingerprint density at radius 2 is 2.29 bits per heavy atom. The van der Waals surface area contributed by atoms with E-state index in [1.54, 1.807) is 17.5 Å². The van der Waals surface area contributed by atoms with Crippen molar-refractivity contribution in [3.63, 3.8) is 0 Å². The van der Waals surface area contributed by atoms with Crippen LogP contribution in [0.4, 0.5) is 5.69 Å². The van der Waals surface area contributed by atoms with Gasteiger partial charge in [0.05, 0.1) is 5.69 Å². The van der Waals surface area contributed by atoms with Gasteiger partial charge in [-0.25, -0.2) is 4.98 Å². The van der Waals surface area contributed by atoms with Crippen molar-refractivity contribution >= 4 is 44.5 Å². The summed E-state index contributed by atoms with van der Waals surface area (Å²) in [4.78, 5) is 19.2. The van der Waals surface area contributed by atoms with Gasteiger partial charge in [-0.2, -0.15) is 0 Å². The second kappa shape index (κ2) is 5.83. The van der Waals surface area contributed by atoms with Gasteiger partial charge in [-0.3, -0.25) is 4.79 Å². The van der Waals surface area contributed by atoms with Crippen molar-refractivity contribution in [3.05, 3.63) is 45.1 Å². The highest BCUT2D eigenvalue weighted by molar-refractivity contribution is 7.21. The first-order chi connectivity index (χ1) is 10.2. The van der Waals surface area contributed by atoms with Crippen LogP contribution in [-0.4, -0.2) is 17.4 Å². The molecule has 0 radical (unpaired) electrons. The topological polar surface area (TPSA) is 68.0 Å². The molecule has 3 N–H and O–H groups in total. The first kappa shape index (κ1) is 14.0. The molecule has 0 aromatic carbocycles. The Morgan fingerprint density at radius 1 is 1.43 bits per heavy atom. The van der Waals surface area contributed by atoms with Gasteiger partial charge in [-0.1, -0.05) is 6.07 Å². The maximum absolute atomic E-state index is 12.3. The molecule has 0 saturated carbocycles. The van der Waals surface area contributed by atoms with E-state index in [1.165, 1.54) is 16.2 Å². The Morgan fingerprint density at radius 3 is 3.00 bits per heavy atom. The van der Waals surface area contributed by atoms with Crippen molar-refractivity contribution in [2.24, 2.45) is 0 Å². The van der Waals surface area contributed by atoms with Gasteiger partial charge in [0.1, 0.15) is 9.71 Å². The zero-order valence-corrected chi connectivity index (χ0v) is 13.2. The highest BCUT2D eigenvalue weighted by Crippen LogP contribution is 2.34. The molecule has 0 unspecified atom stereocenters. The van der Waals surface area contributed by atoms with Crippen molar-refractivity contribution in [1.29, 1.82) is 0 Å². The minimum atomic E-state index is -0.119. The Hall–Kier alpha value is -1.92. The fraction of sp³-hybridized carbons (Fsp3) is 0.200. The van der Waals surface area contributed by atoms with E-state index < -0.39 is 0 Å². The van der Waals surface area contributed by atoms with Crippen molar-refractivity contribution in [2.45, 2.75) is 13.3 Å². The van der Waals surface area contributed by atoms with Crippen molar-refractivity contribution in [1.82, 2.24) is 10.3 Å². The average Bonchev–Trinajstić information content (AvgIpc) is 3.08. The van der Waals surface area contributed by atoms with Crippen LogP contribution >= 0.6 is 22.7 Å². The molecule has 3 heterocycles. The molecule has 3 rings (SSSR count). The molecule has 21 heavy (non-hydrogen) atoms. The van der Waals surface area contributed by atoms with Crippen LogP contribution in [0.25, 0.3) is 10.2 Å². The number of aryl methyl sites for hydroxylation is 1. The number of fused-ring (bicyclic) bond motifs is 1. The molecule has 0 aliphatic heterocycles. The number of nitrogens with one attached hydrogen (secondary N) is 1. The molecule has 108 valence electrons. The highest BCUT2D eigenvalue weighted by Gasteiger charge is 2.17. The largest absolute Gasteiger partial charge is 0.397 e. The number of nitrogens with zero attached hydrogens (tertiary/aromatic N) is 1. The Kier molecular flexibility index (Phi) is 3.90. The molecule has 4 nitrogen and oxygen atoms in total. The second-order valence-electron chi connectivity index (χ2n) is 4.74. The first-order valence-electron chi connectivity index (χ1n) is 6.61. The fourth-order valence-electron chi connectivity index (χ4n) is 2.21. The quantitative estimate of drug-likeness (QED) is 0.776. The fourth-order valence-corrected chi connectivity index (χ4v) is 3.97. The monoisotopic (exact) mass is 317 g/mol. The third kappa shape index (κ3) is 2.77. The third-order valence-corrected chi connectivity index (χ3v) is 5.33. The molecule has 0 aliphatic rings. The second-order valence-corrected chi connectivity index (χ2v) is 6.77. The zero-order chi connectivity index (χ0) is 14.8. The van der Waals surface area contributed by atoms with Gasteiger partial charge in [0.25, 0.3) is 5.91 Å². The van der Waals surface area contributed by atoms with Crippen LogP contribution in [-0.2, 0) is 6.42 Å². The lowest BCUT2D eigenvalue weighted by molar-refractivity contribution is 0.0959. The van der Waals surface area contributed by atoms with Gasteiger partial charge in [0, 0.05) is 23.0 Å². The number of amides is 1. The molecule has 6 heteroatoms. The molecule has 0 aliphatic carbocycles. The number of thiophene rings is 2. The number of hydrogen-bond donors (Lipinski definition) is 2. The summed E-state index contributed by atoms with van der Waals surface area (Å²) in [6.45, 7) is 2.59. The number of carbonyl (C=O) groups is 1. The lowest BCUT2D eigenvalue weighted by Crippen LogP contribution is -2.25. The molecular formula is C15H15N3OS2. The van der Waals surface area contributed by atoms with Gasteiger partial charge in [-0.05, 0) is 36.4 Å². The maximum Gasteiger partial charge on any atom is 0.263 e. The van der Waals surface area contributed by atoms with E-state index in [4.69, 9.17) is 5.73 Å². The first-order valence-corrected chi connectivity index (χ1v) is 8.30.